The Morgan fingerprint density at radius 3 is 2.12 bits per heavy atom. The molecule has 5 nitrogen and oxygen atoms in total. The van der Waals surface area contributed by atoms with Crippen molar-refractivity contribution < 1.29 is 19.1 Å². The number of hydrogen-bond donors (Lipinski definition) is 0. The number of benzene rings is 2. The van der Waals surface area contributed by atoms with Gasteiger partial charge in [0.2, 0.25) is 0 Å². The fourth-order valence-electron chi connectivity index (χ4n) is 5.78. The van der Waals surface area contributed by atoms with E-state index in [1.807, 2.05) is 45.0 Å². The van der Waals surface area contributed by atoms with Crippen molar-refractivity contribution in [2.75, 3.05) is 13.2 Å². The van der Waals surface area contributed by atoms with E-state index in [4.69, 9.17) is 9.47 Å². The number of fused-ring (bicyclic) bond motifs is 4. The van der Waals surface area contributed by atoms with Crippen LogP contribution in [0.2, 0.25) is 0 Å². The third-order valence-corrected chi connectivity index (χ3v) is 7.43. The van der Waals surface area contributed by atoms with Crippen molar-refractivity contribution in [3.05, 3.63) is 59.7 Å². The molecule has 1 amide bonds. The monoisotopic (exact) mass is 433 g/mol. The lowest BCUT2D eigenvalue weighted by atomic mass is 9.98. The molecular formula is C27H31NO4. The maximum Gasteiger partial charge on any atom is 0.410 e. The average molecular weight is 434 g/mol. The Hall–Kier alpha value is -2.82. The standard InChI is InChI=1S/C27H31NO4/c1-26(2,3)32-24(29)23-22-21(27(22,4)5)14-28(23)25(30)31-15-20-18-12-8-6-10-16(18)17-11-7-9-13-19(17)20/h6-13,20-23H,14-15H2,1-5H3/t21-,22-,23-/m0/s1. The van der Waals surface area contributed by atoms with Gasteiger partial charge in [0.25, 0.3) is 0 Å². The normalized spacial score (nSPS) is 25.0. The summed E-state index contributed by atoms with van der Waals surface area (Å²) in [6, 6.07) is 16.0. The van der Waals surface area contributed by atoms with Crippen LogP contribution in [0.5, 0.6) is 0 Å². The van der Waals surface area contributed by atoms with Crippen molar-refractivity contribution in [1.82, 2.24) is 4.90 Å². The van der Waals surface area contributed by atoms with Crippen molar-refractivity contribution in [1.29, 1.82) is 0 Å². The Kier molecular flexibility index (Phi) is 4.66. The van der Waals surface area contributed by atoms with E-state index in [0.717, 1.165) is 0 Å². The number of ether oxygens (including phenoxy) is 2. The maximum atomic E-state index is 13.2. The number of esters is 1. The lowest BCUT2D eigenvalue weighted by molar-refractivity contribution is -0.161. The van der Waals surface area contributed by atoms with Gasteiger partial charge in [-0.2, -0.15) is 0 Å². The van der Waals surface area contributed by atoms with Crippen molar-refractivity contribution in [3.8, 4) is 11.1 Å². The SMILES string of the molecule is CC(C)(C)OC(=O)[C@@H]1[C@@H]2[C@H](CN1C(=O)OCC1c3ccccc3-c3ccccc31)C2(C)C. The minimum Gasteiger partial charge on any atom is -0.458 e. The van der Waals surface area contributed by atoms with Gasteiger partial charge < -0.3 is 9.47 Å². The minimum absolute atomic E-state index is 0.0000878. The molecule has 2 aromatic rings. The van der Waals surface area contributed by atoms with Crippen LogP contribution >= 0.6 is 0 Å². The number of carbonyl (C=O) groups excluding carboxylic acids is 2. The van der Waals surface area contributed by atoms with Gasteiger partial charge in [-0.3, -0.25) is 4.90 Å². The van der Waals surface area contributed by atoms with Crippen molar-refractivity contribution in [2.24, 2.45) is 17.3 Å². The average Bonchev–Trinajstić information content (AvgIpc) is 3.08. The Bertz CT molecular complexity index is 1040. The van der Waals surface area contributed by atoms with Gasteiger partial charge in [0.05, 0.1) is 0 Å². The summed E-state index contributed by atoms with van der Waals surface area (Å²) in [5.41, 5.74) is 4.19. The molecule has 0 unspecified atom stereocenters. The van der Waals surface area contributed by atoms with Crippen LogP contribution in [0.1, 0.15) is 51.7 Å². The molecule has 2 aliphatic carbocycles. The Morgan fingerprint density at radius 2 is 1.56 bits per heavy atom. The summed E-state index contributed by atoms with van der Waals surface area (Å²) >= 11 is 0. The molecule has 168 valence electrons. The zero-order valence-electron chi connectivity index (χ0n) is 19.4. The predicted molar refractivity (Wildman–Crippen MR) is 122 cm³/mol. The van der Waals surface area contributed by atoms with Crippen LogP contribution in [0.25, 0.3) is 11.1 Å². The van der Waals surface area contributed by atoms with E-state index in [2.05, 4.69) is 38.1 Å². The summed E-state index contributed by atoms with van der Waals surface area (Å²) in [5.74, 6) is 0.0994. The van der Waals surface area contributed by atoms with Crippen LogP contribution in [0, 0.1) is 17.3 Å². The predicted octanol–water partition coefficient (Wildman–Crippen LogP) is 5.23. The van der Waals surface area contributed by atoms with Gasteiger partial charge >= 0.3 is 12.1 Å². The van der Waals surface area contributed by atoms with E-state index in [1.165, 1.54) is 22.3 Å². The minimum atomic E-state index is -0.596. The van der Waals surface area contributed by atoms with Gasteiger partial charge in [-0.05, 0) is 54.4 Å². The highest BCUT2D eigenvalue weighted by atomic mass is 16.6. The second-order valence-corrected chi connectivity index (χ2v) is 10.9. The van der Waals surface area contributed by atoms with Gasteiger partial charge in [-0.25, -0.2) is 9.59 Å². The van der Waals surface area contributed by atoms with E-state index < -0.39 is 17.7 Å². The van der Waals surface area contributed by atoms with Gasteiger partial charge in [0.1, 0.15) is 18.2 Å². The molecule has 1 aliphatic heterocycles. The van der Waals surface area contributed by atoms with Gasteiger partial charge in [0, 0.05) is 18.4 Å². The summed E-state index contributed by atoms with van der Waals surface area (Å²) in [4.78, 5) is 27.8. The molecule has 3 aliphatic rings. The third kappa shape index (κ3) is 3.30. The van der Waals surface area contributed by atoms with E-state index in [-0.39, 0.29) is 29.8 Å². The van der Waals surface area contributed by atoms with Gasteiger partial charge in [0.15, 0.2) is 0 Å². The molecule has 2 aromatic carbocycles. The van der Waals surface area contributed by atoms with Crippen molar-refractivity contribution in [2.45, 2.75) is 52.2 Å². The molecule has 32 heavy (non-hydrogen) atoms. The molecule has 1 saturated heterocycles. The fraction of sp³-hybridized carbons (Fsp3) is 0.481. The Labute approximate surface area is 189 Å². The van der Waals surface area contributed by atoms with E-state index >= 15 is 0 Å². The first-order chi connectivity index (χ1) is 15.1. The molecule has 2 fully saturated rings. The first-order valence-electron chi connectivity index (χ1n) is 11.4. The first kappa shape index (κ1) is 21.0. The quantitative estimate of drug-likeness (QED) is 0.622. The molecule has 1 heterocycles. The Morgan fingerprint density at radius 1 is 1.00 bits per heavy atom. The zero-order valence-corrected chi connectivity index (χ0v) is 19.4. The van der Waals surface area contributed by atoms with Crippen LogP contribution < -0.4 is 0 Å². The molecule has 1 saturated carbocycles. The fourth-order valence-corrected chi connectivity index (χ4v) is 5.78. The number of nitrogens with zero attached hydrogens (tertiary/aromatic N) is 1. The molecule has 3 atom stereocenters. The number of piperidine rings is 1. The van der Waals surface area contributed by atoms with Crippen LogP contribution in [0.4, 0.5) is 4.79 Å². The van der Waals surface area contributed by atoms with Gasteiger partial charge in [-0.1, -0.05) is 62.4 Å². The molecule has 0 bridgehead atoms. The molecule has 0 radical (unpaired) electrons. The molecule has 5 rings (SSSR count). The third-order valence-electron chi connectivity index (χ3n) is 7.43. The van der Waals surface area contributed by atoms with Crippen LogP contribution in [-0.4, -0.2) is 41.8 Å². The number of hydrogen-bond acceptors (Lipinski definition) is 4. The molecule has 0 N–H and O–H groups in total. The summed E-state index contributed by atoms with van der Waals surface area (Å²) in [6.45, 7) is 10.7. The Balaban J connectivity index is 1.34. The summed E-state index contributed by atoms with van der Waals surface area (Å²) in [6.07, 6.45) is -0.425. The number of rotatable bonds is 3. The summed E-state index contributed by atoms with van der Waals surface area (Å²) < 4.78 is 11.5. The van der Waals surface area contributed by atoms with E-state index in [9.17, 15) is 9.59 Å². The second kappa shape index (κ2) is 7.09. The topological polar surface area (TPSA) is 55.8 Å². The molecule has 0 aromatic heterocycles. The van der Waals surface area contributed by atoms with Crippen LogP contribution in [0.15, 0.2) is 48.5 Å². The molecule has 0 spiro atoms. The van der Waals surface area contributed by atoms with E-state index in [1.54, 1.807) is 4.90 Å². The van der Waals surface area contributed by atoms with Crippen LogP contribution in [0.3, 0.4) is 0 Å². The summed E-state index contributed by atoms with van der Waals surface area (Å²) in [7, 11) is 0. The number of likely N-dealkylation sites (tertiary alicyclic amines) is 1. The van der Waals surface area contributed by atoms with Gasteiger partial charge in [-0.15, -0.1) is 0 Å². The number of carbonyl (C=O) groups is 2. The second-order valence-electron chi connectivity index (χ2n) is 10.9. The molecule has 5 heteroatoms. The van der Waals surface area contributed by atoms with Crippen molar-refractivity contribution >= 4 is 12.1 Å². The molecular weight excluding hydrogens is 402 g/mol. The first-order valence-corrected chi connectivity index (χ1v) is 11.4. The largest absolute Gasteiger partial charge is 0.458 e. The highest BCUT2D eigenvalue weighted by Crippen LogP contribution is 2.65. The lowest BCUT2D eigenvalue weighted by Crippen LogP contribution is -2.48. The highest BCUT2D eigenvalue weighted by molar-refractivity contribution is 5.84. The maximum absolute atomic E-state index is 13.2. The smallest absolute Gasteiger partial charge is 0.410 e. The number of amides is 1. The zero-order chi connectivity index (χ0) is 22.8. The highest BCUT2D eigenvalue weighted by Gasteiger charge is 2.70. The van der Waals surface area contributed by atoms with Crippen LogP contribution in [-0.2, 0) is 14.3 Å². The van der Waals surface area contributed by atoms with E-state index in [0.29, 0.717) is 12.5 Å². The summed E-state index contributed by atoms with van der Waals surface area (Å²) in [5, 5.41) is 0. The lowest BCUT2D eigenvalue weighted by Gasteiger charge is -2.31. The van der Waals surface area contributed by atoms with Crippen molar-refractivity contribution in [3.63, 3.8) is 0 Å².